The maximum Gasteiger partial charge on any atom is 0.238 e. The summed E-state index contributed by atoms with van der Waals surface area (Å²) < 4.78 is 33.8. The molecule has 0 saturated heterocycles. The number of nitrogens with zero attached hydrogens (tertiary/aromatic N) is 1. The van der Waals surface area contributed by atoms with Crippen molar-refractivity contribution >= 4 is 21.4 Å². The molecule has 0 atom stereocenters. The lowest BCUT2D eigenvalue weighted by Gasteiger charge is -2.18. The lowest BCUT2D eigenvalue weighted by molar-refractivity contribution is -0.117. The van der Waals surface area contributed by atoms with Gasteiger partial charge in [0.25, 0.3) is 0 Å². The van der Waals surface area contributed by atoms with Crippen LogP contribution in [-0.2, 0) is 21.2 Å². The van der Waals surface area contributed by atoms with Gasteiger partial charge in [0.05, 0.1) is 25.7 Å². The van der Waals surface area contributed by atoms with Gasteiger partial charge in [-0.3, -0.25) is 9.69 Å². The molecule has 0 aliphatic rings. The first-order valence-corrected chi connectivity index (χ1v) is 10.1. The molecule has 27 heavy (non-hydrogen) atoms. The fourth-order valence-electron chi connectivity index (χ4n) is 2.58. The summed E-state index contributed by atoms with van der Waals surface area (Å²) in [6.45, 7) is 0.641. The third-order valence-corrected chi connectivity index (χ3v) is 5.00. The smallest absolute Gasteiger partial charge is 0.238 e. The van der Waals surface area contributed by atoms with Crippen LogP contribution in [-0.4, -0.2) is 53.3 Å². The first kappa shape index (κ1) is 20.7. The van der Waals surface area contributed by atoms with E-state index in [2.05, 4.69) is 5.32 Å². The number of ether oxygens (including phenoxy) is 2. The molecule has 1 N–H and O–H groups in total. The maximum absolute atomic E-state index is 12.3. The summed E-state index contributed by atoms with van der Waals surface area (Å²) in [6, 6.07) is 11.7. The van der Waals surface area contributed by atoms with Gasteiger partial charge in [0.15, 0.2) is 9.84 Å². The van der Waals surface area contributed by atoms with Crippen molar-refractivity contribution in [3.05, 3.63) is 48.0 Å². The van der Waals surface area contributed by atoms with Crippen molar-refractivity contribution in [2.45, 2.75) is 11.4 Å². The summed E-state index contributed by atoms with van der Waals surface area (Å²) in [5.74, 6) is 1.14. The Kier molecular flexibility index (Phi) is 6.81. The van der Waals surface area contributed by atoms with Crippen molar-refractivity contribution in [3.8, 4) is 11.5 Å². The van der Waals surface area contributed by atoms with E-state index in [1.807, 2.05) is 24.1 Å². The lowest BCUT2D eigenvalue weighted by Crippen LogP contribution is -2.30. The molecule has 1 amide bonds. The van der Waals surface area contributed by atoms with Crippen LogP contribution in [0.1, 0.15) is 5.56 Å². The average Bonchev–Trinajstić information content (AvgIpc) is 2.61. The molecule has 0 radical (unpaired) electrons. The fraction of sp³-hybridized carbons (Fsp3) is 0.316. The maximum atomic E-state index is 12.3. The van der Waals surface area contributed by atoms with E-state index < -0.39 is 9.84 Å². The van der Waals surface area contributed by atoms with Crippen molar-refractivity contribution in [2.24, 2.45) is 0 Å². The molecule has 0 bridgehead atoms. The zero-order chi connectivity index (χ0) is 20.0. The summed E-state index contributed by atoms with van der Waals surface area (Å²) >= 11 is 0. The van der Waals surface area contributed by atoms with Gasteiger partial charge in [0, 0.05) is 30.1 Å². The van der Waals surface area contributed by atoms with Crippen molar-refractivity contribution in [1.82, 2.24) is 4.90 Å². The molecule has 2 aromatic rings. The summed E-state index contributed by atoms with van der Waals surface area (Å²) in [5.41, 5.74) is 1.37. The number of sulfone groups is 1. The lowest BCUT2D eigenvalue weighted by atomic mass is 10.2. The quantitative estimate of drug-likeness (QED) is 0.741. The molecule has 0 spiro atoms. The van der Waals surface area contributed by atoms with Crippen molar-refractivity contribution in [3.63, 3.8) is 0 Å². The predicted molar refractivity (Wildman–Crippen MR) is 104 cm³/mol. The van der Waals surface area contributed by atoms with E-state index in [4.69, 9.17) is 9.47 Å². The van der Waals surface area contributed by atoms with E-state index >= 15 is 0 Å². The first-order chi connectivity index (χ1) is 12.7. The van der Waals surface area contributed by atoms with Crippen molar-refractivity contribution < 1.29 is 22.7 Å². The molecule has 0 aliphatic carbocycles. The summed E-state index contributed by atoms with van der Waals surface area (Å²) in [7, 11) is 1.66. The molecule has 0 heterocycles. The third-order valence-electron chi connectivity index (χ3n) is 3.89. The van der Waals surface area contributed by atoms with Gasteiger partial charge in [-0.25, -0.2) is 8.42 Å². The van der Waals surface area contributed by atoms with Gasteiger partial charge in [-0.1, -0.05) is 12.1 Å². The minimum Gasteiger partial charge on any atom is -0.497 e. The van der Waals surface area contributed by atoms with Crippen LogP contribution in [0.15, 0.2) is 47.4 Å². The number of likely N-dealkylation sites (N-methyl/N-ethyl adjacent to an activating group) is 1. The second kappa shape index (κ2) is 8.88. The summed E-state index contributed by atoms with van der Waals surface area (Å²) in [5, 5.41) is 2.72. The van der Waals surface area contributed by atoms with Crippen molar-refractivity contribution in [1.29, 1.82) is 0 Å². The van der Waals surface area contributed by atoms with Crippen molar-refractivity contribution in [2.75, 3.05) is 39.4 Å². The Morgan fingerprint density at radius 3 is 2.48 bits per heavy atom. The number of hydrogen-bond donors (Lipinski definition) is 1. The van der Waals surface area contributed by atoms with Crippen LogP contribution in [0.2, 0.25) is 0 Å². The van der Waals surface area contributed by atoms with Crippen LogP contribution in [0.25, 0.3) is 0 Å². The molecule has 0 fully saturated rings. The van der Waals surface area contributed by atoms with E-state index in [-0.39, 0.29) is 17.3 Å². The van der Waals surface area contributed by atoms with Gasteiger partial charge >= 0.3 is 0 Å². The topological polar surface area (TPSA) is 84.9 Å². The molecule has 0 unspecified atom stereocenters. The molecule has 0 aromatic heterocycles. The minimum absolute atomic E-state index is 0.137. The van der Waals surface area contributed by atoms with Gasteiger partial charge in [0.2, 0.25) is 5.91 Å². The standard InChI is InChI=1S/C19H24N2O5S/c1-21(12-14-8-9-16(25-2)11-18(14)26-3)13-19(22)20-15-6-5-7-17(10-15)27(4,23)24/h5-11H,12-13H2,1-4H3,(H,20,22). The number of amides is 1. The highest BCUT2D eigenvalue weighted by Crippen LogP contribution is 2.25. The van der Waals surface area contributed by atoms with E-state index in [0.717, 1.165) is 11.8 Å². The van der Waals surface area contributed by atoms with Crippen LogP contribution in [0.3, 0.4) is 0 Å². The van der Waals surface area contributed by atoms with E-state index in [1.165, 1.54) is 12.1 Å². The molecule has 7 nitrogen and oxygen atoms in total. The first-order valence-electron chi connectivity index (χ1n) is 8.22. The van der Waals surface area contributed by atoms with E-state index in [0.29, 0.717) is 23.7 Å². The van der Waals surface area contributed by atoms with Crippen LogP contribution in [0, 0.1) is 0 Å². The summed E-state index contributed by atoms with van der Waals surface area (Å²) in [4.78, 5) is 14.3. The van der Waals surface area contributed by atoms with Crippen LogP contribution in [0.5, 0.6) is 11.5 Å². The zero-order valence-corrected chi connectivity index (χ0v) is 16.7. The monoisotopic (exact) mass is 392 g/mol. The van der Waals surface area contributed by atoms with E-state index in [1.54, 1.807) is 32.4 Å². The number of rotatable bonds is 8. The van der Waals surface area contributed by atoms with Gasteiger partial charge in [-0.15, -0.1) is 0 Å². The van der Waals surface area contributed by atoms with Gasteiger partial charge in [-0.05, 0) is 31.3 Å². The molecule has 146 valence electrons. The Morgan fingerprint density at radius 2 is 1.85 bits per heavy atom. The fourth-order valence-corrected chi connectivity index (χ4v) is 3.25. The highest BCUT2D eigenvalue weighted by Gasteiger charge is 2.13. The second-order valence-corrected chi connectivity index (χ2v) is 8.21. The van der Waals surface area contributed by atoms with Gasteiger partial charge in [0.1, 0.15) is 11.5 Å². The number of methoxy groups -OCH3 is 2. The normalized spacial score (nSPS) is 11.3. The largest absolute Gasteiger partial charge is 0.497 e. The Balaban J connectivity index is 2.00. The van der Waals surface area contributed by atoms with Crippen LogP contribution < -0.4 is 14.8 Å². The number of benzene rings is 2. The molecule has 0 aliphatic heterocycles. The van der Waals surface area contributed by atoms with Crippen LogP contribution >= 0.6 is 0 Å². The number of nitrogens with one attached hydrogen (secondary N) is 1. The highest BCUT2D eigenvalue weighted by atomic mass is 32.2. The molecule has 2 rings (SSSR count). The Morgan fingerprint density at radius 1 is 1.11 bits per heavy atom. The Bertz CT molecular complexity index is 912. The number of anilines is 1. The average molecular weight is 392 g/mol. The molecular formula is C19H24N2O5S. The Labute approximate surface area is 159 Å². The molecule has 8 heteroatoms. The number of carbonyl (C=O) groups excluding carboxylic acids is 1. The predicted octanol–water partition coefficient (Wildman–Crippen LogP) is 2.18. The van der Waals surface area contributed by atoms with Gasteiger partial charge in [-0.2, -0.15) is 0 Å². The second-order valence-electron chi connectivity index (χ2n) is 6.20. The Hall–Kier alpha value is -2.58. The number of hydrogen-bond acceptors (Lipinski definition) is 6. The van der Waals surface area contributed by atoms with Gasteiger partial charge < -0.3 is 14.8 Å². The third kappa shape index (κ3) is 5.97. The highest BCUT2D eigenvalue weighted by molar-refractivity contribution is 7.90. The van der Waals surface area contributed by atoms with Crippen LogP contribution in [0.4, 0.5) is 5.69 Å². The van der Waals surface area contributed by atoms with E-state index in [9.17, 15) is 13.2 Å². The molecule has 2 aromatic carbocycles. The minimum atomic E-state index is -3.32. The summed E-state index contributed by atoms with van der Waals surface area (Å²) in [6.07, 6.45) is 1.13. The molecular weight excluding hydrogens is 368 g/mol. The number of carbonyl (C=O) groups is 1. The SMILES string of the molecule is COc1ccc(CN(C)CC(=O)Nc2cccc(S(C)(=O)=O)c2)c(OC)c1. The zero-order valence-electron chi connectivity index (χ0n) is 15.9. The molecule has 0 saturated carbocycles.